The Morgan fingerprint density at radius 2 is 0.759 bits per heavy atom. The molecule has 79 heavy (non-hydrogen) atoms. The summed E-state index contributed by atoms with van der Waals surface area (Å²) in [6.45, 7) is 3.47. The van der Waals surface area contributed by atoms with Crippen LogP contribution in [-0.2, 0) is 14.3 Å². The van der Waals surface area contributed by atoms with Crippen molar-refractivity contribution < 1.29 is 50.0 Å². The molecule has 11 heteroatoms. The molecule has 1 fully saturated rings. The molecule has 0 radical (unpaired) electrons. The van der Waals surface area contributed by atoms with Gasteiger partial charge in [0, 0.05) is 0 Å². The van der Waals surface area contributed by atoms with E-state index in [2.05, 4.69) is 67.8 Å². The Balaban J connectivity index is 2.27. The van der Waals surface area contributed by atoms with E-state index in [1.165, 1.54) is 218 Å². The first-order chi connectivity index (χ1) is 38.7. The number of unbranched alkanes of at least 4 members (excludes halogenated alkanes) is 38. The molecule has 9 unspecified atom stereocenters. The number of ether oxygens (including phenoxy) is 2. The predicted octanol–water partition coefficient (Wildman–Crippen LogP) is 15.6. The second kappa shape index (κ2) is 56.5. The van der Waals surface area contributed by atoms with E-state index in [1.54, 1.807) is 0 Å². The van der Waals surface area contributed by atoms with E-state index in [0.717, 1.165) is 44.9 Å². The molecule has 1 saturated heterocycles. The fourth-order valence-corrected chi connectivity index (χ4v) is 10.6. The third-order valence-electron chi connectivity index (χ3n) is 16.1. The van der Waals surface area contributed by atoms with Gasteiger partial charge < -0.3 is 50.5 Å². The molecule has 0 saturated carbocycles. The van der Waals surface area contributed by atoms with Crippen LogP contribution in [0.5, 0.6) is 0 Å². The molecule has 0 aromatic carbocycles. The molecular formula is C68H127NO10. The van der Waals surface area contributed by atoms with Gasteiger partial charge in [-0.1, -0.05) is 268 Å². The van der Waals surface area contributed by atoms with Gasteiger partial charge in [-0.25, -0.2) is 0 Å². The van der Waals surface area contributed by atoms with Crippen LogP contribution in [0.25, 0.3) is 0 Å². The lowest BCUT2D eigenvalue weighted by molar-refractivity contribution is -0.303. The zero-order valence-electron chi connectivity index (χ0n) is 51.1. The minimum Gasteiger partial charge on any atom is -0.394 e. The Morgan fingerprint density at radius 3 is 1.13 bits per heavy atom. The second-order valence-corrected chi connectivity index (χ2v) is 23.5. The molecule has 464 valence electrons. The first-order valence-corrected chi connectivity index (χ1v) is 33.5. The van der Waals surface area contributed by atoms with Crippen molar-refractivity contribution in [2.45, 2.75) is 364 Å². The first kappa shape index (κ1) is 75.1. The highest BCUT2D eigenvalue weighted by Crippen LogP contribution is 2.24. The maximum atomic E-state index is 13.2. The smallest absolute Gasteiger partial charge is 0.249 e. The molecule has 8 N–H and O–H groups in total. The number of hydrogen-bond donors (Lipinski definition) is 8. The quantitative estimate of drug-likeness (QED) is 0.0215. The van der Waals surface area contributed by atoms with Gasteiger partial charge in [-0.2, -0.15) is 0 Å². The van der Waals surface area contributed by atoms with Gasteiger partial charge in [-0.05, 0) is 89.9 Å². The van der Waals surface area contributed by atoms with Crippen LogP contribution in [0.2, 0.25) is 0 Å². The van der Waals surface area contributed by atoms with Crippen LogP contribution in [0, 0.1) is 0 Å². The summed E-state index contributed by atoms with van der Waals surface area (Å²) >= 11 is 0. The number of aliphatic hydroxyl groups excluding tert-OH is 7. The van der Waals surface area contributed by atoms with Gasteiger partial charge in [0.25, 0.3) is 0 Å². The maximum absolute atomic E-state index is 13.2. The van der Waals surface area contributed by atoms with Crippen molar-refractivity contribution in [2.75, 3.05) is 13.2 Å². The normalized spacial score (nSPS) is 19.6. The van der Waals surface area contributed by atoms with Crippen LogP contribution in [0.15, 0.2) is 48.6 Å². The van der Waals surface area contributed by atoms with Crippen LogP contribution in [0.1, 0.15) is 309 Å². The van der Waals surface area contributed by atoms with Crippen LogP contribution in [0.4, 0.5) is 0 Å². The van der Waals surface area contributed by atoms with Crippen molar-refractivity contribution >= 4 is 5.91 Å². The predicted molar refractivity (Wildman–Crippen MR) is 330 cm³/mol. The molecule has 1 aliphatic rings. The Morgan fingerprint density at radius 1 is 0.430 bits per heavy atom. The third kappa shape index (κ3) is 44.3. The van der Waals surface area contributed by atoms with Crippen molar-refractivity contribution in [3.05, 3.63) is 48.6 Å². The van der Waals surface area contributed by atoms with Gasteiger partial charge in [-0.3, -0.25) is 4.79 Å². The summed E-state index contributed by atoms with van der Waals surface area (Å²) < 4.78 is 11.2. The number of allylic oxidation sites excluding steroid dienone is 8. The molecule has 0 aromatic rings. The average molecular weight is 1120 g/mol. The highest BCUT2D eigenvalue weighted by Gasteiger charge is 2.44. The number of carbonyl (C=O) groups is 1. The van der Waals surface area contributed by atoms with Crippen molar-refractivity contribution in [2.24, 2.45) is 0 Å². The van der Waals surface area contributed by atoms with E-state index in [0.29, 0.717) is 19.3 Å². The summed E-state index contributed by atoms with van der Waals surface area (Å²) in [6.07, 6.45) is 61.8. The van der Waals surface area contributed by atoms with Crippen molar-refractivity contribution in [1.29, 1.82) is 0 Å². The number of rotatable bonds is 58. The van der Waals surface area contributed by atoms with Crippen LogP contribution >= 0.6 is 0 Å². The zero-order valence-corrected chi connectivity index (χ0v) is 51.1. The zero-order chi connectivity index (χ0) is 57.5. The molecule has 11 nitrogen and oxygen atoms in total. The Kier molecular flexibility index (Phi) is 53.7. The van der Waals surface area contributed by atoms with E-state index in [4.69, 9.17) is 9.47 Å². The number of amides is 1. The molecule has 1 rings (SSSR count). The number of nitrogens with one attached hydrogen (secondary N) is 1. The lowest BCUT2D eigenvalue weighted by Crippen LogP contribution is -2.60. The highest BCUT2D eigenvalue weighted by atomic mass is 16.7. The van der Waals surface area contributed by atoms with Gasteiger partial charge in [0.2, 0.25) is 5.91 Å². The van der Waals surface area contributed by atoms with E-state index >= 15 is 0 Å². The lowest BCUT2D eigenvalue weighted by Gasteiger charge is -2.40. The summed E-state index contributed by atoms with van der Waals surface area (Å²) in [5.41, 5.74) is 0. The lowest BCUT2D eigenvalue weighted by atomic mass is 9.98. The number of hydrogen-bond acceptors (Lipinski definition) is 10. The van der Waals surface area contributed by atoms with Crippen LogP contribution in [0.3, 0.4) is 0 Å². The van der Waals surface area contributed by atoms with E-state index < -0.39 is 74.2 Å². The second-order valence-electron chi connectivity index (χ2n) is 23.5. The number of carbonyl (C=O) groups excluding carboxylic acids is 1. The Labute approximate surface area is 485 Å². The topological polar surface area (TPSA) is 189 Å². The molecule has 0 aromatic heterocycles. The van der Waals surface area contributed by atoms with Gasteiger partial charge in [0.05, 0.1) is 25.4 Å². The molecule has 0 bridgehead atoms. The Hall–Kier alpha value is -1.93. The van der Waals surface area contributed by atoms with Gasteiger partial charge in [0.15, 0.2) is 6.29 Å². The highest BCUT2D eigenvalue weighted by molar-refractivity contribution is 5.80. The monoisotopic (exact) mass is 1120 g/mol. The molecule has 0 aliphatic carbocycles. The fraction of sp³-hybridized carbons (Fsp3) is 0.868. The molecule has 1 amide bonds. The summed E-state index contributed by atoms with van der Waals surface area (Å²) in [7, 11) is 0. The molecule has 1 heterocycles. The standard InChI is InChI=1S/C68H127NO10/c1-3-5-7-9-11-13-15-17-19-21-23-25-27-29-30-31-32-34-36-38-40-42-44-46-48-50-52-54-56-61(72)67(77)69-59(58-78-68-66(76)65(75)64(74)62(57-70)79-68)63(73)60(71)55-53-51-49-47-45-43-41-39-37-35-33-28-26-24-22-20-18-16-14-12-10-8-6-4-2/h28-30,33,39,41,47,49,59-66,68,70-76H,3-27,31-32,34-38,40,42-46,48,50-58H2,1-2H3,(H,69,77)/b30-29-,33-28+,41-39+,49-47+. The van der Waals surface area contributed by atoms with E-state index in [9.17, 15) is 40.5 Å². The fourth-order valence-electron chi connectivity index (χ4n) is 10.6. The third-order valence-corrected chi connectivity index (χ3v) is 16.1. The average Bonchev–Trinajstić information content (AvgIpc) is 3.46. The van der Waals surface area contributed by atoms with Crippen molar-refractivity contribution in [3.8, 4) is 0 Å². The maximum Gasteiger partial charge on any atom is 0.249 e. The first-order valence-electron chi connectivity index (χ1n) is 33.5. The van der Waals surface area contributed by atoms with Gasteiger partial charge >= 0.3 is 0 Å². The van der Waals surface area contributed by atoms with Gasteiger partial charge in [-0.15, -0.1) is 0 Å². The summed E-state index contributed by atoms with van der Waals surface area (Å²) in [6, 6.07) is -1.20. The minimum atomic E-state index is -1.67. The van der Waals surface area contributed by atoms with Crippen molar-refractivity contribution in [1.82, 2.24) is 5.32 Å². The number of aliphatic hydroxyl groups is 7. The molecule has 9 atom stereocenters. The van der Waals surface area contributed by atoms with E-state index in [1.807, 2.05) is 0 Å². The van der Waals surface area contributed by atoms with Crippen molar-refractivity contribution in [3.63, 3.8) is 0 Å². The molecule has 0 spiro atoms. The van der Waals surface area contributed by atoms with Crippen LogP contribution < -0.4 is 5.32 Å². The SMILES string of the molecule is CCCCCCCCCCCCC/C=C/CC/C=C/CC/C=C/CCCC(O)C(O)C(COC1OC(CO)C(O)C(O)C1O)NC(=O)C(O)CCCCCCCCCCCCCC/C=C\CCCCCCCCCCCCCC. The molecule has 1 aliphatic heterocycles. The summed E-state index contributed by atoms with van der Waals surface area (Å²) in [4.78, 5) is 13.2. The summed E-state index contributed by atoms with van der Waals surface area (Å²) in [5.74, 6) is -0.710. The summed E-state index contributed by atoms with van der Waals surface area (Å²) in [5, 5.41) is 76.4. The largest absolute Gasteiger partial charge is 0.394 e. The molecular weight excluding hydrogens is 991 g/mol. The Bertz CT molecular complexity index is 1420. The van der Waals surface area contributed by atoms with E-state index in [-0.39, 0.29) is 12.8 Å². The van der Waals surface area contributed by atoms with Crippen LogP contribution in [-0.4, -0.2) is 110 Å². The minimum absolute atomic E-state index is 0.241. The van der Waals surface area contributed by atoms with Gasteiger partial charge in [0.1, 0.15) is 36.6 Å².